The number of hydrogen-bond acceptors (Lipinski definition) is 3. The highest BCUT2D eigenvalue weighted by Crippen LogP contribution is 2.24. The first-order valence-electron chi connectivity index (χ1n) is 4.22. The fourth-order valence-electron chi connectivity index (χ4n) is 1.05. The van der Waals surface area contributed by atoms with Gasteiger partial charge < -0.3 is 4.74 Å². The summed E-state index contributed by atoms with van der Waals surface area (Å²) in [4.78, 5) is 4.53. The Morgan fingerprint density at radius 3 is 3.00 bits per heavy atom. The van der Waals surface area contributed by atoms with Crippen LogP contribution in [0.15, 0.2) is 34.2 Å². The maximum atomic E-state index is 13.1. The van der Waals surface area contributed by atoms with Gasteiger partial charge in [-0.25, -0.2) is 4.98 Å². The first kappa shape index (κ1) is 10.6. The molecule has 0 aliphatic carbocycles. The predicted molar refractivity (Wildman–Crippen MR) is 60.5 cm³/mol. The summed E-state index contributed by atoms with van der Waals surface area (Å²) in [6.07, 6.45) is 1.39. The third-order valence-corrected chi connectivity index (χ3v) is 3.67. The Morgan fingerprint density at radius 1 is 1.47 bits per heavy atom. The lowest BCUT2D eigenvalue weighted by molar-refractivity contribution is 0.288. The van der Waals surface area contributed by atoms with Crippen LogP contribution in [-0.2, 0) is 6.61 Å². The fraction of sp³-hybridized carbons (Fsp3) is 0.100. The molecule has 0 radical (unpaired) electrons. The van der Waals surface area contributed by atoms with Crippen molar-refractivity contribution in [3.05, 3.63) is 45.1 Å². The van der Waals surface area contributed by atoms with Crippen molar-refractivity contribution in [1.29, 1.82) is 0 Å². The Labute approximate surface area is 98.9 Å². The molecule has 0 aliphatic heterocycles. The fourth-order valence-corrected chi connectivity index (χ4v) is 2.43. The standard InChI is InChI=1S/C10H7BrFNOS/c11-7-3-5-15-9(7)6-14-8-2-1-4-13-10(8)12/h1-5H,6H2. The summed E-state index contributed by atoms with van der Waals surface area (Å²) >= 11 is 4.94. The van der Waals surface area contributed by atoms with E-state index in [1.807, 2.05) is 11.4 Å². The summed E-state index contributed by atoms with van der Waals surface area (Å²) in [6, 6.07) is 5.13. The van der Waals surface area contributed by atoms with Gasteiger partial charge in [-0.15, -0.1) is 11.3 Å². The number of halogens is 2. The number of nitrogens with zero attached hydrogens (tertiary/aromatic N) is 1. The molecule has 0 fully saturated rings. The first-order chi connectivity index (χ1) is 7.27. The molecule has 0 saturated carbocycles. The van der Waals surface area contributed by atoms with Gasteiger partial charge in [0.2, 0.25) is 0 Å². The minimum atomic E-state index is -0.579. The van der Waals surface area contributed by atoms with Gasteiger partial charge in [0.1, 0.15) is 6.61 Å². The first-order valence-corrected chi connectivity index (χ1v) is 5.90. The van der Waals surface area contributed by atoms with Crippen molar-refractivity contribution in [2.75, 3.05) is 0 Å². The van der Waals surface area contributed by atoms with Crippen molar-refractivity contribution >= 4 is 27.3 Å². The lowest BCUT2D eigenvalue weighted by atomic mass is 10.4. The number of rotatable bonds is 3. The van der Waals surface area contributed by atoms with Crippen LogP contribution in [-0.4, -0.2) is 4.98 Å². The Kier molecular flexibility index (Phi) is 3.33. The molecule has 0 saturated heterocycles. The molecule has 2 heterocycles. The van der Waals surface area contributed by atoms with Crippen molar-refractivity contribution in [2.24, 2.45) is 0 Å². The molecular formula is C10H7BrFNOS. The summed E-state index contributed by atoms with van der Waals surface area (Å²) in [6.45, 7) is 0.348. The number of aromatic nitrogens is 1. The van der Waals surface area contributed by atoms with Gasteiger partial charge in [0, 0.05) is 10.7 Å². The Morgan fingerprint density at radius 2 is 2.33 bits per heavy atom. The number of thiophene rings is 1. The van der Waals surface area contributed by atoms with Gasteiger partial charge in [-0.05, 0) is 39.5 Å². The van der Waals surface area contributed by atoms with E-state index in [2.05, 4.69) is 20.9 Å². The van der Waals surface area contributed by atoms with Gasteiger partial charge in [0.15, 0.2) is 5.75 Å². The molecule has 2 aromatic heterocycles. The highest BCUT2D eigenvalue weighted by atomic mass is 79.9. The molecule has 0 aromatic carbocycles. The van der Waals surface area contributed by atoms with E-state index >= 15 is 0 Å². The van der Waals surface area contributed by atoms with E-state index in [1.165, 1.54) is 6.20 Å². The zero-order valence-electron chi connectivity index (χ0n) is 7.61. The predicted octanol–water partition coefficient (Wildman–Crippen LogP) is 3.62. The van der Waals surface area contributed by atoms with Gasteiger partial charge in [0.05, 0.1) is 4.88 Å². The largest absolute Gasteiger partial charge is 0.483 e. The summed E-state index contributed by atoms with van der Waals surface area (Å²) in [5, 5.41) is 1.95. The average molecular weight is 288 g/mol. The van der Waals surface area contributed by atoms with Crippen LogP contribution < -0.4 is 4.74 Å². The molecule has 0 unspecified atom stereocenters. The van der Waals surface area contributed by atoms with E-state index in [-0.39, 0.29) is 5.75 Å². The van der Waals surface area contributed by atoms with Gasteiger partial charge in [-0.3, -0.25) is 0 Å². The average Bonchev–Trinajstić information content (AvgIpc) is 2.63. The smallest absolute Gasteiger partial charge is 0.255 e. The summed E-state index contributed by atoms with van der Waals surface area (Å²) in [5.41, 5.74) is 0. The van der Waals surface area contributed by atoms with Crippen molar-refractivity contribution in [2.45, 2.75) is 6.61 Å². The zero-order chi connectivity index (χ0) is 10.7. The normalized spacial score (nSPS) is 10.3. The second-order valence-corrected chi connectivity index (χ2v) is 4.63. The lowest BCUT2D eigenvalue weighted by Gasteiger charge is -2.04. The summed E-state index contributed by atoms with van der Waals surface area (Å²) in [7, 11) is 0. The third kappa shape index (κ3) is 2.54. The highest BCUT2D eigenvalue weighted by Gasteiger charge is 2.06. The molecule has 0 N–H and O–H groups in total. The molecule has 2 nitrogen and oxygen atoms in total. The van der Waals surface area contributed by atoms with Crippen molar-refractivity contribution in [3.8, 4) is 5.75 Å². The van der Waals surface area contributed by atoms with E-state index in [4.69, 9.17) is 4.74 Å². The van der Waals surface area contributed by atoms with Crippen LogP contribution >= 0.6 is 27.3 Å². The Bertz CT molecular complexity index is 460. The monoisotopic (exact) mass is 287 g/mol. The minimum absolute atomic E-state index is 0.179. The van der Waals surface area contributed by atoms with E-state index in [0.29, 0.717) is 6.61 Å². The SMILES string of the molecule is Fc1ncccc1OCc1sccc1Br. The van der Waals surface area contributed by atoms with E-state index in [0.717, 1.165) is 9.35 Å². The number of pyridine rings is 1. The number of hydrogen-bond donors (Lipinski definition) is 0. The molecule has 2 rings (SSSR count). The molecule has 2 aromatic rings. The van der Waals surface area contributed by atoms with Crippen molar-refractivity contribution in [3.63, 3.8) is 0 Å². The van der Waals surface area contributed by atoms with E-state index in [1.54, 1.807) is 23.5 Å². The van der Waals surface area contributed by atoms with Gasteiger partial charge >= 0.3 is 0 Å². The Hall–Kier alpha value is -0.940. The van der Waals surface area contributed by atoms with Crippen LogP contribution in [0.25, 0.3) is 0 Å². The second kappa shape index (κ2) is 4.72. The molecule has 78 valence electrons. The topological polar surface area (TPSA) is 22.1 Å². The van der Waals surface area contributed by atoms with Crippen LogP contribution in [0.5, 0.6) is 5.75 Å². The van der Waals surface area contributed by atoms with E-state index in [9.17, 15) is 4.39 Å². The molecule has 5 heteroatoms. The van der Waals surface area contributed by atoms with Gasteiger partial charge in [-0.1, -0.05) is 0 Å². The molecule has 0 aliphatic rings. The van der Waals surface area contributed by atoms with Crippen LogP contribution in [0, 0.1) is 5.95 Å². The maximum Gasteiger partial charge on any atom is 0.255 e. The van der Waals surface area contributed by atoms with Crippen LogP contribution in [0.4, 0.5) is 4.39 Å². The molecule has 0 spiro atoms. The Balaban J connectivity index is 2.06. The molecular weight excluding hydrogens is 281 g/mol. The summed E-state index contributed by atoms with van der Waals surface area (Å²) < 4.78 is 19.4. The molecule has 0 bridgehead atoms. The molecule has 0 atom stereocenters. The maximum absolute atomic E-state index is 13.1. The zero-order valence-corrected chi connectivity index (χ0v) is 10.0. The second-order valence-electron chi connectivity index (χ2n) is 2.77. The van der Waals surface area contributed by atoms with Gasteiger partial charge in [-0.2, -0.15) is 4.39 Å². The van der Waals surface area contributed by atoms with Gasteiger partial charge in [0.25, 0.3) is 5.95 Å². The highest BCUT2D eigenvalue weighted by molar-refractivity contribution is 9.10. The summed E-state index contributed by atoms with van der Waals surface area (Å²) in [5.74, 6) is -0.400. The van der Waals surface area contributed by atoms with Crippen LogP contribution in [0.2, 0.25) is 0 Å². The molecule has 15 heavy (non-hydrogen) atoms. The van der Waals surface area contributed by atoms with E-state index < -0.39 is 5.95 Å². The quantitative estimate of drug-likeness (QED) is 0.805. The number of ether oxygens (including phenoxy) is 1. The van der Waals surface area contributed by atoms with Crippen molar-refractivity contribution < 1.29 is 9.13 Å². The molecule has 0 amide bonds. The van der Waals surface area contributed by atoms with Crippen LogP contribution in [0.3, 0.4) is 0 Å². The third-order valence-electron chi connectivity index (χ3n) is 1.77. The lowest BCUT2D eigenvalue weighted by Crippen LogP contribution is -1.97. The van der Waals surface area contributed by atoms with Crippen LogP contribution in [0.1, 0.15) is 4.88 Å². The van der Waals surface area contributed by atoms with Crippen molar-refractivity contribution in [1.82, 2.24) is 4.98 Å². The minimum Gasteiger partial charge on any atom is -0.483 e.